The predicted octanol–water partition coefficient (Wildman–Crippen LogP) is 3.73. The van der Waals surface area contributed by atoms with Gasteiger partial charge in [0.15, 0.2) is 0 Å². The van der Waals surface area contributed by atoms with E-state index in [2.05, 4.69) is 5.32 Å². The second-order valence-electron chi connectivity index (χ2n) is 2.83. The summed E-state index contributed by atoms with van der Waals surface area (Å²) in [6, 6.07) is 9.40. The van der Waals surface area contributed by atoms with Crippen LogP contribution in [0, 0.1) is 0 Å². The number of rotatable bonds is 2. The average molecular weight is 225 g/mol. The van der Waals surface area contributed by atoms with Crippen LogP contribution >= 0.6 is 22.9 Å². The highest BCUT2D eigenvalue weighted by Crippen LogP contribution is 2.27. The van der Waals surface area contributed by atoms with Crippen molar-refractivity contribution in [3.8, 4) is 0 Å². The van der Waals surface area contributed by atoms with Crippen molar-refractivity contribution in [3.63, 3.8) is 0 Å². The van der Waals surface area contributed by atoms with Crippen LogP contribution in [0.2, 0.25) is 5.02 Å². The van der Waals surface area contributed by atoms with Crippen molar-refractivity contribution < 1.29 is 0 Å². The van der Waals surface area contributed by atoms with Gasteiger partial charge in [0.05, 0.1) is 16.4 Å². The van der Waals surface area contributed by atoms with Crippen LogP contribution in [-0.2, 0) is 0 Å². The van der Waals surface area contributed by atoms with Gasteiger partial charge in [-0.3, -0.25) is 0 Å². The number of anilines is 3. The molecule has 0 atom stereocenters. The topological polar surface area (TPSA) is 38.0 Å². The van der Waals surface area contributed by atoms with Gasteiger partial charge in [-0.15, -0.1) is 11.3 Å². The van der Waals surface area contributed by atoms with Crippen molar-refractivity contribution >= 4 is 39.3 Å². The van der Waals surface area contributed by atoms with Crippen LogP contribution in [0.5, 0.6) is 0 Å². The molecule has 1 aromatic heterocycles. The lowest BCUT2D eigenvalue weighted by Gasteiger charge is -2.06. The second kappa shape index (κ2) is 3.90. The molecule has 1 aromatic carbocycles. The third-order valence-corrected chi connectivity index (χ3v) is 2.81. The number of thiophene rings is 1. The zero-order chi connectivity index (χ0) is 9.97. The number of nitrogen functional groups attached to an aromatic ring is 1. The van der Waals surface area contributed by atoms with E-state index < -0.39 is 0 Å². The van der Waals surface area contributed by atoms with E-state index in [1.54, 1.807) is 17.4 Å². The fourth-order valence-corrected chi connectivity index (χ4v) is 1.94. The van der Waals surface area contributed by atoms with Gasteiger partial charge in [0.2, 0.25) is 0 Å². The van der Waals surface area contributed by atoms with E-state index in [4.69, 9.17) is 17.3 Å². The number of halogens is 1. The summed E-state index contributed by atoms with van der Waals surface area (Å²) in [6.07, 6.45) is 0. The molecule has 0 unspecified atom stereocenters. The number of hydrogen-bond donors (Lipinski definition) is 2. The second-order valence-corrected chi connectivity index (χ2v) is 4.22. The first-order chi connectivity index (χ1) is 6.75. The maximum Gasteiger partial charge on any atom is 0.0927 e. The van der Waals surface area contributed by atoms with Gasteiger partial charge >= 0.3 is 0 Å². The molecule has 0 saturated heterocycles. The Morgan fingerprint density at radius 1 is 1.29 bits per heavy atom. The first-order valence-corrected chi connectivity index (χ1v) is 5.37. The summed E-state index contributed by atoms with van der Waals surface area (Å²) in [5.41, 5.74) is 7.34. The lowest BCUT2D eigenvalue weighted by Crippen LogP contribution is -1.94. The summed E-state index contributed by atoms with van der Waals surface area (Å²) in [7, 11) is 0. The van der Waals surface area contributed by atoms with Crippen LogP contribution in [-0.4, -0.2) is 0 Å². The zero-order valence-electron chi connectivity index (χ0n) is 7.33. The first-order valence-electron chi connectivity index (χ1n) is 4.11. The Hall–Kier alpha value is -1.19. The third kappa shape index (κ3) is 2.00. The van der Waals surface area contributed by atoms with Gasteiger partial charge in [-0.2, -0.15) is 0 Å². The molecule has 2 rings (SSSR count). The molecule has 0 amide bonds. The largest absolute Gasteiger partial charge is 0.397 e. The van der Waals surface area contributed by atoms with E-state index in [1.807, 2.05) is 29.6 Å². The maximum absolute atomic E-state index is 5.80. The Labute approximate surface area is 91.3 Å². The zero-order valence-corrected chi connectivity index (χ0v) is 8.90. The minimum Gasteiger partial charge on any atom is -0.397 e. The Bertz CT molecular complexity index is 426. The minimum absolute atomic E-state index is 0.652. The molecule has 14 heavy (non-hydrogen) atoms. The molecule has 0 spiro atoms. The van der Waals surface area contributed by atoms with E-state index in [1.165, 1.54) is 0 Å². The van der Waals surface area contributed by atoms with Crippen molar-refractivity contribution in [2.24, 2.45) is 0 Å². The summed E-state index contributed by atoms with van der Waals surface area (Å²) in [5.74, 6) is 0. The van der Waals surface area contributed by atoms with E-state index in [0.29, 0.717) is 10.7 Å². The van der Waals surface area contributed by atoms with Gasteiger partial charge in [0, 0.05) is 5.02 Å². The van der Waals surface area contributed by atoms with Crippen molar-refractivity contribution in [2.75, 3.05) is 11.1 Å². The first kappa shape index (κ1) is 9.37. The molecule has 72 valence electrons. The molecule has 0 aliphatic heterocycles. The van der Waals surface area contributed by atoms with Crippen LogP contribution in [0.25, 0.3) is 0 Å². The highest BCUT2D eigenvalue weighted by Gasteiger charge is 2.00. The number of benzene rings is 1. The Morgan fingerprint density at radius 3 is 2.79 bits per heavy atom. The molecule has 0 aliphatic carbocycles. The molecule has 1 heterocycles. The smallest absolute Gasteiger partial charge is 0.0927 e. The lowest BCUT2D eigenvalue weighted by molar-refractivity contribution is 1.60. The molecule has 0 fully saturated rings. The fourth-order valence-electron chi connectivity index (χ4n) is 1.13. The highest BCUT2D eigenvalue weighted by molar-refractivity contribution is 7.14. The quantitative estimate of drug-likeness (QED) is 0.763. The molecule has 0 bridgehead atoms. The standard InChI is InChI=1S/C10H9ClN2S/c11-7-3-4-9(8(12)6-7)13-10-2-1-5-14-10/h1-6,13H,12H2. The van der Waals surface area contributed by atoms with Crippen molar-refractivity contribution in [1.82, 2.24) is 0 Å². The molecule has 2 nitrogen and oxygen atoms in total. The average Bonchev–Trinajstić information content (AvgIpc) is 2.62. The normalized spacial score (nSPS) is 10.1. The summed E-state index contributed by atoms with van der Waals surface area (Å²) in [6.45, 7) is 0. The summed E-state index contributed by atoms with van der Waals surface area (Å²) < 4.78 is 0. The van der Waals surface area contributed by atoms with Crippen LogP contribution in [0.3, 0.4) is 0 Å². The van der Waals surface area contributed by atoms with Crippen LogP contribution in [0.4, 0.5) is 16.4 Å². The molecule has 4 heteroatoms. The fraction of sp³-hybridized carbons (Fsp3) is 0. The molecule has 2 aromatic rings. The Kier molecular flexibility index (Phi) is 2.61. The van der Waals surface area contributed by atoms with Crippen LogP contribution in [0.1, 0.15) is 0 Å². The molecule has 3 N–H and O–H groups in total. The van der Waals surface area contributed by atoms with Gasteiger partial charge < -0.3 is 11.1 Å². The van der Waals surface area contributed by atoms with E-state index in [9.17, 15) is 0 Å². The van der Waals surface area contributed by atoms with E-state index in [-0.39, 0.29) is 0 Å². The molecule has 0 aliphatic rings. The Balaban J connectivity index is 2.25. The van der Waals surface area contributed by atoms with Gasteiger partial charge in [-0.25, -0.2) is 0 Å². The molecule has 0 radical (unpaired) electrons. The van der Waals surface area contributed by atoms with Crippen LogP contribution in [0.15, 0.2) is 35.7 Å². The van der Waals surface area contributed by atoms with Crippen LogP contribution < -0.4 is 11.1 Å². The number of nitrogens with one attached hydrogen (secondary N) is 1. The number of nitrogens with two attached hydrogens (primary N) is 1. The van der Waals surface area contributed by atoms with Crippen molar-refractivity contribution in [2.45, 2.75) is 0 Å². The monoisotopic (exact) mass is 224 g/mol. The minimum atomic E-state index is 0.652. The molecule has 0 saturated carbocycles. The van der Waals surface area contributed by atoms with Gasteiger partial charge in [-0.1, -0.05) is 11.6 Å². The van der Waals surface area contributed by atoms with Gasteiger partial charge in [0.25, 0.3) is 0 Å². The number of hydrogen-bond acceptors (Lipinski definition) is 3. The molecular weight excluding hydrogens is 216 g/mol. The van der Waals surface area contributed by atoms with Crippen molar-refractivity contribution in [1.29, 1.82) is 0 Å². The van der Waals surface area contributed by atoms with Gasteiger partial charge in [-0.05, 0) is 35.7 Å². The SMILES string of the molecule is Nc1cc(Cl)ccc1Nc1cccs1. The Morgan fingerprint density at radius 2 is 2.14 bits per heavy atom. The predicted molar refractivity (Wildman–Crippen MR) is 63.5 cm³/mol. The third-order valence-electron chi connectivity index (χ3n) is 1.79. The summed E-state index contributed by atoms with van der Waals surface area (Å²) in [4.78, 5) is 0. The van der Waals surface area contributed by atoms with Crippen molar-refractivity contribution in [3.05, 3.63) is 40.7 Å². The lowest BCUT2D eigenvalue weighted by atomic mass is 10.3. The highest BCUT2D eigenvalue weighted by atomic mass is 35.5. The van der Waals surface area contributed by atoms with E-state index >= 15 is 0 Å². The summed E-state index contributed by atoms with van der Waals surface area (Å²) >= 11 is 7.42. The van der Waals surface area contributed by atoms with Gasteiger partial charge in [0.1, 0.15) is 0 Å². The summed E-state index contributed by atoms with van der Waals surface area (Å²) in [5, 5.41) is 6.94. The maximum atomic E-state index is 5.80. The molecular formula is C10H9ClN2S. The van der Waals surface area contributed by atoms with E-state index in [0.717, 1.165) is 10.7 Å².